The van der Waals surface area contributed by atoms with Gasteiger partial charge in [-0.25, -0.2) is 0 Å². The van der Waals surface area contributed by atoms with Gasteiger partial charge in [0.15, 0.2) is 0 Å². The Bertz CT molecular complexity index is 2700. The van der Waals surface area contributed by atoms with Gasteiger partial charge in [-0.3, -0.25) is 0 Å². The zero-order chi connectivity index (χ0) is 35.3. The molecule has 0 saturated carbocycles. The molecule has 0 bridgehead atoms. The minimum absolute atomic E-state index is 0.00416. The van der Waals surface area contributed by atoms with Gasteiger partial charge < -0.3 is 4.42 Å². The first-order chi connectivity index (χ1) is 23.9. The molecule has 0 saturated heterocycles. The number of hydrogen-bond acceptors (Lipinski definition) is 1. The molecule has 1 aromatic heterocycles. The van der Waals surface area contributed by atoms with Crippen molar-refractivity contribution < 1.29 is 19.5 Å². The number of rotatable bonds is 3. The van der Waals surface area contributed by atoms with Crippen molar-refractivity contribution in [3.8, 4) is 33.4 Å². The molecule has 1 nitrogen and oxygen atoms in total. The molecule has 0 amide bonds. The molecular formula is C38H24O. The first-order valence-corrected chi connectivity index (χ1v) is 12.4. The van der Waals surface area contributed by atoms with Gasteiger partial charge in [-0.2, -0.15) is 0 Å². The molecule has 0 N–H and O–H groups in total. The van der Waals surface area contributed by atoms with Crippen LogP contribution in [0.5, 0.6) is 0 Å². The monoisotopic (exact) mass is 507 g/mol. The van der Waals surface area contributed by atoms with Gasteiger partial charge in [0.25, 0.3) is 0 Å². The maximum atomic E-state index is 9.02. The molecule has 8 aromatic rings. The van der Waals surface area contributed by atoms with Crippen molar-refractivity contribution in [2.75, 3.05) is 0 Å². The Morgan fingerprint density at radius 3 is 1.74 bits per heavy atom. The van der Waals surface area contributed by atoms with Crippen molar-refractivity contribution in [1.82, 2.24) is 0 Å². The van der Waals surface area contributed by atoms with Crippen molar-refractivity contribution in [2.45, 2.75) is 0 Å². The summed E-state index contributed by atoms with van der Waals surface area (Å²) in [6.45, 7) is 0. The standard InChI is InChI=1S/C38H24O/c1-2-12-25(13-3-1)36-29-16-4-6-18-31(29)37(32-19-7-5-17-30(32)36)27-15-10-14-26(24-27)28-21-11-23-35-38(28)33-20-8-9-22-34(33)39-35/h1-24H/i4D,5D,6D,7D,8D,9D,11D,20D,21D,22D,23D. The highest BCUT2D eigenvalue weighted by Gasteiger charge is 2.17. The van der Waals surface area contributed by atoms with E-state index < -0.39 is 30.2 Å². The first-order valence-electron chi connectivity index (χ1n) is 17.9. The summed E-state index contributed by atoms with van der Waals surface area (Å²) in [5.41, 5.74) is 3.12. The molecule has 0 atom stereocenters. The quantitative estimate of drug-likeness (QED) is 0.217. The van der Waals surface area contributed by atoms with Gasteiger partial charge in [-0.05, 0) is 73.1 Å². The van der Waals surface area contributed by atoms with E-state index in [0.717, 1.165) is 11.1 Å². The second-order valence-corrected chi connectivity index (χ2v) is 9.27. The zero-order valence-electron chi connectivity index (χ0n) is 31.4. The summed E-state index contributed by atoms with van der Waals surface area (Å²) in [6, 6.07) is 20.2. The van der Waals surface area contributed by atoms with E-state index in [1.165, 1.54) is 0 Å². The summed E-state index contributed by atoms with van der Waals surface area (Å²) < 4.78 is 100. The molecule has 0 fully saturated rings. The van der Waals surface area contributed by atoms with E-state index in [4.69, 9.17) is 19.5 Å². The number of furan rings is 1. The van der Waals surface area contributed by atoms with Crippen LogP contribution in [0.4, 0.5) is 0 Å². The second kappa shape index (κ2) is 8.72. The fourth-order valence-electron chi connectivity index (χ4n) is 5.52. The topological polar surface area (TPSA) is 13.1 Å². The van der Waals surface area contributed by atoms with Crippen LogP contribution in [0.15, 0.2) is 150 Å². The number of para-hydroxylation sites is 1. The second-order valence-electron chi connectivity index (χ2n) is 9.27. The molecule has 0 radical (unpaired) electrons. The van der Waals surface area contributed by atoms with Crippen LogP contribution < -0.4 is 0 Å². The molecule has 0 aliphatic heterocycles. The van der Waals surface area contributed by atoms with Crippen LogP contribution in [-0.2, 0) is 0 Å². The third-order valence-electron chi connectivity index (χ3n) is 7.14. The van der Waals surface area contributed by atoms with Crippen LogP contribution >= 0.6 is 0 Å². The van der Waals surface area contributed by atoms with Gasteiger partial charge >= 0.3 is 0 Å². The third kappa shape index (κ3) is 3.41. The fourth-order valence-corrected chi connectivity index (χ4v) is 5.52. The van der Waals surface area contributed by atoms with Crippen LogP contribution in [0.1, 0.15) is 15.1 Å². The lowest BCUT2D eigenvalue weighted by atomic mass is 9.85. The zero-order valence-corrected chi connectivity index (χ0v) is 20.4. The number of fused-ring (bicyclic) bond motifs is 5. The average molecular weight is 508 g/mol. The molecule has 0 aliphatic rings. The molecular weight excluding hydrogens is 472 g/mol. The van der Waals surface area contributed by atoms with Gasteiger partial charge in [0.2, 0.25) is 0 Å². The Kier molecular flexibility index (Phi) is 3.04. The van der Waals surface area contributed by atoms with Crippen LogP contribution in [-0.4, -0.2) is 0 Å². The van der Waals surface area contributed by atoms with Crippen LogP contribution in [0.3, 0.4) is 0 Å². The van der Waals surface area contributed by atoms with E-state index in [1.54, 1.807) is 42.5 Å². The van der Waals surface area contributed by atoms with E-state index in [1.807, 2.05) is 36.4 Å². The Morgan fingerprint density at radius 2 is 1.03 bits per heavy atom. The maximum Gasteiger partial charge on any atom is 0.136 e. The smallest absolute Gasteiger partial charge is 0.136 e. The van der Waals surface area contributed by atoms with Gasteiger partial charge in [0.05, 0.1) is 15.1 Å². The summed E-state index contributed by atoms with van der Waals surface area (Å²) >= 11 is 0. The highest BCUT2D eigenvalue weighted by molar-refractivity contribution is 6.21. The van der Waals surface area contributed by atoms with Gasteiger partial charge in [0, 0.05) is 10.8 Å². The summed E-state index contributed by atoms with van der Waals surface area (Å²) in [5, 5.41) is 2.76. The largest absolute Gasteiger partial charge is 0.456 e. The highest BCUT2D eigenvalue weighted by atomic mass is 16.3. The molecule has 0 aliphatic carbocycles. The molecule has 1 heteroatoms. The molecule has 0 spiro atoms. The lowest BCUT2D eigenvalue weighted by Gasteiger charge is -2.18. The molecule has 182 valence electrons. The van der Waals surface area contributed by atoms with Gasteiger partial charge in [0.1, 0.15) is 11.2 Å². The Balaban J connectivity index is 1.52. The van der Waals surface area contributed by atoms with E-state index in [0.29, 0.717) is 38.2 Å². The summed E-state index contributed by atoms with van der Waals surface area (Å²) in [7, 11) is 0. The van der Waals surface area contributed by atoms with E-state index in [-0.39, 0.29) is 63.8 Å². The minimum Gasteiger partial charge on any atom is -0.456 e. The lowest BCUT2D eigenvalue weighted by Crippen LogP contribution is -1.91. The number of benzene rings is 7. The van der Waals surface area contributed by atoms with E-state index in [2.05, 4.69) is 0 Å². The highest BCUT2D eigenvalue weighted by Crippen LogP contribution is 2.44. The molecule has 0 unspecified atom stereocenters. The average Bonchev–Trinajstić information content (AvgIpc) is 3.50. The predicted octanol–water partition coefficient (Wildman–Crippen LogP) is 10.9. The molecule has 7 aromatic carbocycles. The predicted molar refractivity (Wildman–Crippen MR) is 165 cm³/mol. The Morgan fingerprint density at radius 1 is 0.436 bits per heavy atom. The Labute approximate surface area is 242 Å². The van der Waals surface area contributed by atoms with Crippen molar-refractivity contribution in [3.05, 3.63) is 145 Å². The van der Waals surface area contributed by atoms with Crippen LogP contribution in [0, 0.1) is 0 Å². The molecule has 39 heavy (non-hydrogen) atoms. The van der Waals surface area contributed by atoms with Crippen LogP contribution in [0.25, 0.3) is 76.9 Å². The number of hydrogen-bond donors (Lipinski definition) is 0. The van der Waals surface area contributed by atoms with Crippen molar-refractivity contribution >= 4 is 43.5 Å². The summed E-state index contributed by atoms with van der Waals surface area (Å²) in [4.78, 5) is 0. The SMILES string of the molecule is [2H]c1cc2c(-c3ccccc3)c3cc([2H])c([2H])cc3c(-c3cccc(-c4c([2H])c([2H])c([2H])c5oc6c([2H])c([2H])c([2H])c([2H])c6c45)c3)c2cc1[2H]. The van der Waals surface area contributed by atoms with Gasteiger partial charge in [-0.15, -0.1) is 0 Å². The maximum absolute atomic E-state index is 9.02. The first kappa shape index (κ1) is 13.6. The van der Waals surface area contributed by atoms with Crippen LogP contribution in [0.2, 0.25) is 0 Å². The summed E-state index contributed by atoms with van der Waals surface area (Å²) in [6.07, 6.45) is 0. The van der Waals surface area contributed by atoms with E-state index in [9.17, 15) is 0 Å². The molecule has 1 heterocycles. The minimum atomic E-state index is -0.499. The lowest BCUT2D eigenvalue weighted by molar-refractivity contribution is 0.669. The van der Waals surface area contributed by atoms with Crippen molar-refractivity contribution in [2.24, 2.45) is 0 Å². The summed E-state index contributed by atoms with van der Waals surface area (Å²) in [5.74, 6) is 0. The van der Waals surface area contributed by atoms with Gasteiger partial charge in [-0.1, -0.05) is 127 Å². The Hall–Kier alpha value is -5.14. The third-order valence-corrected chi connectivity index (χ3v) is 7.14. The fraction of sp³-hybridized carbons (Fsp3) is 0. The van der Waals surface area contributed by atoms with Crippen molar-refractivity contribution in [1.29, 1.82) is 0 Å². The van der Waals surface area contributed by atoms with E-state index >= 15 is 0 Å². The molecule has 8 rings (SSSR count). The normalized spacial score (nSPS) is 15.5. The van der Waals surface area contributed by atoms with Crippen molar-refractivity contribution in [3.63, 3.8) is 0 Å².